The van der Waals surface area contributed by atoms with Crippen LogP contribution in [0.15, 0.2) is 42.5 Å². The molecule has 6 nitrogen and oxygen atoms in total. The summed E-state index contributed by atoms with van der Waals surface area (Å²) in [6, 6.07) is 12.1. The first kappa shape index (κ1) is 15.9. The van der Waals surface area contributed by atoms with Gasteiger partial charge in [-0.2, -0.15) is 0 Å². The van der Waals surface area contributed by atoms with Crippen molar-refractivity contribution in [1.82, 2.24) is 0 Å². The lowest BCUT2D eigenvalue weighted by molar-refractivity contribution is -0.121. The van der Waals surface area contributed by atoms with Crippen LogP contribution in [0, 0.1) is 6.92 Å². The Labute approximate surface area is 139 Å². The fraction of sp³-hybridized carbons (Fsp3) is 0.222. The topological polar surface area (TPSA) is 76.1 Å². The van der Waals surface area contributed by atoms with Gasteiger partial charge in [0.05, 0.1) is 17.8 Å². The number of amides is 1. The number of hydrogen-bond acceptors (Lipinski definition) is 4. The normalized spacial score (nSPS) is 13.2. The van der Waals surface area contributed by atoms with Crippen molar-refractivity contribution in [3.63, 3.8) is 0 Å². The Morgan fingerprint density at radius 3 is 2.71 bits per heavy atom. The second kappa shape index (κ2) is 6.62. The van der Waals surface area contributed by atoms with Crippen LogP contribution in [0.3, 0.4) is 0 Å². The minimum atomic E-state index is -1.03. The molecule has 24 heavy (non-hydrogen) atoms. The summed E-state index contributed by atoms with van der Waals surface area (Å²) >= 11 is 0. The van der Waals surface area contributed by atoms with Crippen LogP contribution in [-0.2, 0) is 4.79 Å². The van der Waals surface area contributed by atoms with Crippen molar-refractivity contribution in [2.75, 3.05) is 24.7 Å². The van der Waals surface area contributed by atoms with E-state index in [0.717, 1.165) is 11.3 Å². The first-order valence-corrected chi connectivity index (χ1v) is 7.54. The number of benzene rings is 2. The predicted octanol–water partition coefficient (Wildman–Crippen LogP) is 2.50. The number of hydrogen-bond donors (Lipinski definition) is 1. The van der Waals surface area contributed by atoms with E-state index in [1.54, 1.807) is 11.0 Å². The molecule has 1 aliphatic rings. The number of carbonyl (C=O) groups is 2. The number of aromatic carboxylic acids is 1. The van der Waals surface area contributed by atoms with Crippen molar-refractivity contribution in [2.45, 2.75) is 6.92 Å². The van der Waals surface area contributed by atoms with Crippen molar-refractivity contribution in [3.8, 4) is 11.5 Å². The van der Waals surface area contributed by atoms with E-state index in [-0.39, 0.29) is 18.1 Å². The first-order chi connectivity index (χ1) is 11.5. The lowest BCUT2D eigenvalue weighted by Gasteiger charge is -2.29. The zero-order chi connectivity index (χ0) is 17.1. The van der Waals surface area contributed by atoms with Gasteiger partial charge < -0.3 is 19.5 Å². The summed E-state index contributed by atoms with van der Waals surface area (Å²) in [6.45, 7) is 2.57. The molecule has 0 spiro atoms. The lowest BCUT2D eigenvalue weighted by Crippen LogP contribution is -2.41. The number of carboxylic acid groups (broad SMARTS) is 1. The zero-order valence-electron chi connectivity index (χ0n) is 13.2. The number of aryl methyl sites for hydroxylation is 1. The van der Waals surface area contributed by atoms with Gasteiger partial charge in [0.15, 0.2) is 6.61 Å². The summed E-state index contributed by atoms with van der Waals surface area (Å²) in [6.07, 6.45) is 0. The number of carboxylic acids is 1. The molecule has 124 valence electrons. The Balaban J connectivity index is 1.70. The lowest BCUT2D eigenvalue weighted by atomic mass is 10.1. The van der Waals surface area contributed by atoms with Crippen molar-refractivity contribution in [1.29, 1.82) is 0 Å². The molecule has 1 aliphatic heterocycles. The summed E-state index contributed by atoms with van der Waals surface area (Å²) < 4.78 is 11.0. The molecule has 1 amide bonds. The van der Waals surface area contributed by atoms with Crippen LogP contribution in [0.1, 0.15) is 15.9 Å². The quantitative estimate of drug-likeness (QED) is 0.913. The fourth-order valence-electron chi connectivity index (χ4n) is 2.47. The van der Waals surface area contributed by atoms with Gasteiger partial charge in [0.2, 0.25) is 0 Å². The standard InChI is InChI=1S/C18H17NO5/c1-12-2-5-14(6-3-12)23-9-8-19-15-7-4-13(18(21)22)10-16(15)24-11-17(19)20/h2-7,10H,8-9,11H2,1H3,(H,21,22). The zero-order valence-corrected chi connectivity index (χ0v) is 13.2. The molecule has 2 aromatic rings. The SMILES string of the molecule is Cc1ccc(OCCN2C(=O)COc3cc(C(=O)O)ccc32)cc1. The molecular formula is C18H17NO5. The smallest absolute Gasteiger partial charge is 0.335 e. The van der Waals surface area contributed by atoms with Crippen LogP contribution in [0.25, 0.3) is 0 Å². The van der Waals surface area contributed by atoms with Gasteiger partial charge in [-0.25, -0.2) is 4.79 Å². The fourth-order valence-corrected chi connectivity index (χ4v) is 2.47. The van der Waals surface area contributed by atoms with Crippen molar-refractivity contribution >= 4 is 17.6 Å². The monoisotopic (exact) mass is 327 g/mol. The van der Waals surface area contributed by atoms with Gasteiger partial charge in [-0.15, -0.1) is 0 Å². The molecule has 0 saturated carbocycles. The van der Waals surface area contributed by atoms with Crippen molar-refractivity contribution < 1.29 is 24.2 Å². The molecule has 1 N–H and O–H groups in total. The van der Waals surface area contributed by atoms with E-state index in [0.29, 0.717) is 24.6 Å². The number of fused-ring (bicyclic) bond motifs is 1. The number of rotatable bonds is 5. The number of anilines is 1. The van der Waals surface area contributed by atoms with E-state index < -0.39 is 5.97 Å². The average Bonchev–Trinajstić information content (AvgIpc) is 2.58. The van der Waals surface area contributed by atoms with E-state index in [4.69, 9.17) is 14.6 Å². The second-order valence-corrected chi connectivity index (χ2v) is 5.48. The van der Waals surface area contributed by atoms with Crippen LogP contribution < -0.4 is 14.4 Å². The Bertz CT molecular complexity index is 769. The third-order valence-electron chi connectivity index (χ3n) is 3.75. The van der Waals surface area contributed by atoms with Gasteiger partial charge in [0.25, 0.3) is 5.91 Å². The van der Waals surface area contributed by atoms with Crippen molar-refractivity contribution in [3.05, 3.63) is 53.6 Å². The molecular weight excluding hydrogens is 310 g/mol. The minimum Gasteiger partial charge on any atom is -0.492 e. The van der Waals surface area contributed by atoms with Crippen LogP contribution in [0.2, 0.25) is 0 Å². The summed E-state index contributed by atoms with van der Waals surface area (Å²) in [4.78, 5) is 24.7. The second-order valence-electron chi connectivity index (χ2n) is 5.48. The van der Waals surface area contributed by atoms with Crippen LogP contribution in [0.5, 0.6) is 11.5 Å². The maximum atomic E-state index is 12.1. The summed E-state index contributed by atoms with van der Waals surface area (Å²) in [7, 11) is 0. The van der Waals surface area contributed by atoms with Gasteiger partial charge >= 0.3 is 5.97 Å². The van der Waals surface area contributed by atoms with Gasteiger partial charge in [0, 0.05) is 0 Å². The van der Waals surface area contributed by atoms with E-state index >= 15 is 0 Å². The van der Waals surface area contributed by atoms with Gasteiger partial charge in [-0.05, 0) is 37.3 Å². The summed E-state index contributed by atoms with van der Waals surface area (Å²) in [5, 5.41) is 9.04. The molecule has 1 heterocycles. The molecule has 2 aromatic carbocycles. The third kappa shape index (κ3) is 3.32. The Morgan fingerprint density at radius 2 is 2.00 bits per heavy atom. The largest absolute Gasteiger partial charge is 0.492 e. The molecule has 0 fully saturated rings. The number of ether oxygens (including phenoxy) is 2. The molecule has 0 saturated heterocycles. The molecule has 0 unspecified atom stereocenters. The highest BCUT2D eigenvalue weighted by Gasteiger charge is 2.26. The molecule has 3 rings (SSSR count). The summed E-state index contributed by atoms with van der Waals surface area (Å²) in [5.74, 6) is -0.0850. The van der Waals surface area contributed by atoms with E-state index in [1.807, 2.05) is 31.2 Å². The van der Waals surface area contributed by atoms with E-state index in [2.05, 4.69) is 0 Å². The van der Waals surface area contributed by atoms with E-state index in [1.165, 1.54) is 12.1 Å². The Kier molecular flexibility index (Phi) is 4.37. The predicted molar refractivity (Wildman–Crippen MR) is 87.9 cm³/mol. The summed E-state index contributed by atoms with van der Waals surface area (Å²) in [5.41, 5.74) is 1.83. The van der Waals surface area contributed by atoms with Crippen molar-refractivity contribution in [2.24, 2.45) is 0 Å². The Morgan fingerprint density at radius 1 is 1.25 bits per heavy atom. The van der Waals surface area contributed by atoms with Gasteiger partial charge in [0.1, 0.15) is 18.1 Å². The molecule has 0 aliphatic carbocycles. The Hall–Kier alpha value is -3.02. The van der Waals surface area contributed by atoms with Crippen LogP contribution in [0.4, 0.5) is 5.69 Å². The molecule has 0 radical (unpaired) electrons. The van der Waals surface area contributed by atoms with Crippen LogP contribution in [-0.4, -0.2) is 36.7 Å². The third-order valence-corrected chi connectivity index (χ3v) is 3.75. The minimum absolute atomic E-state index is 0.111. The van der Waals surface area contributed by atoms with Gasteiger partial charge in [-0.1, -0.05) is 17.7 Å². The maximum Gasteiger partial charge on any atom is 0.335 e. The highest BCUT2D eigenvalue weighted by atomic mass is 16.5. The van der Waals surface area contributed by atoms with E-state index in [9.17, 15) is 9.59 Å². The molecule has 0 atom stereocenters. The maximum absolute atomic E-state index is 12.1. The molecule has 6 heteroatoms. The highest BCUT2D eigenvalue weighted by molar-refractivity contribution is 5.99. The molecule has 0 aromatic heterocycles. The van der Waals surface area contributed by atoms with Gasteiger partial charge in [-0.3, -0.25) is 4.79 Å². The highest BCUT2D eigenvalue weighted by Crippen LogP contribution is 2.32. The number of nitrogens with zero attached hydrogens (tertiary/aromatic N) is 1. The average molecular weight is 327 g/mol. The first-order valence-electron chi connectivity index (χ1n) is 7.54. The van der Waals surface area contributed by atoms with Crippen LogP contribution >= 0.6 is 0 Å². The number of carbonyl (C=O) groups excluding carboxylic acids is 1. The molecule has 0 bridgehead atoms.